The zero-order valence-electron chi connectivity index (χ0n) is 18.3. The van der Waals surface area contributed by atoms with E-state index in [1.54, 1.807) is 12.3 Å². The van der Waals surface area contributed by atoms with E-state index >= 15 is 0 Å². The summed E-state index contributed by atoms with van der Waals surface area (Å²) in [6.45, 7) is -0.424. The summed E-state index contributed by atoms with van der Waals surface area (Å²) >= 11 is 0. The van der Waals surface area contributed by atoms with Gasteiger partial charge in [-0.05, 0) is 36.6 Å². The van der Waals surface area contributed by atoms with E-state index in [9.17, 15) is 22.8 Å². The highest BCUT2D eigenvalue weighted by atomic mass is 19.2. The third kappa shape index (κ3) is 4.36. The number of nitrogens with zero attached hydrogens (tertiary/aromatic N) is 2. The monoisotopic (exact) mass is 482 g/mol. The van der Waals surface area contributed by atoms with Crippen LogP contribution in [0.15, 0.2) is 42.7 Å². The molecule has 11 heteroatoms. The van der Waals surface area contributed by atoms with E-state index in [-0.39, 0.29) is 35.0 Å². The van der Waals surface area contributed by atoms with E-state index in [1.807, 2.05) is 6.07 Å². The lowest BCUT2D eigenvalue weighted by atomic mass is 9.92. The molecule has 1 unspecified atom stereocenters. The molecule has 2 fully saturated rings. The van der Waals surface area contributed by atoms with Crippen LogP contribution in [0.4, 0.5) is 30.5 Å². The Bertz CT molecular complexity index is 1320. The fourth-order valence-corrected chi connectivity index (χ4v) is 4.69. The first-order chi connectivity index (χ1) is 16.8. The summed E-state index contributed by atoms with van der Waals surface area (Å²) in [6.07, 6.45) is 4.62. The van der Waals surface area contributed by atoms with Gasteiger partial charge in [-0.3, -0.25) is 9.59 Å². The van der Waals surface area contributed by atoms with Crippen LogP contribution in [0, 0.1) is 23.4 Å². The van der Waals surface area contributed by atoms with Crippen molar-refractivity contribution in [2.75, 3.05) is 10.6 Å². The number of rotatable bonds is 7. The van der Waals surface area contributed by atoms with Gasteiger partial charge in [0.1, 0.15) is 17.5 Å². The minimum Gasteiger partial charge on any atom is -0.380 e. The van der Waals surface area contributed by atoms with Gasteiger partial charge in [0.2, 0.25) is 5.91 Å². The summed E-state index contributed by atoms with van der Waals surface area (Å²) in [4.78, 5) is 32.1. The Balaban J connectivity index is 1.32. The molecular weight excluding hydrogens is 461 g/mol. The van der Waals surface area contributed by atoms with Crippen molar-refractivity contribution in [1.82, 2.24) is 15.3 Å². The van der Waals surface area contributed by atoms with E-state index in [2.05, 4.69) is 25.9 Å². The Morgan fingerprint density at radius 2 is 1.83 bits per heavy atom. The molecule has 0 spiro atoms. The molecule has 1 saturated heterocycles. The smallest absolute Gasteiger partial charge is 0.252 e. The maximum atomic E-state index is 14.0. The summed E-state index contributed by atoms with van der Waals surface area (Å²) in [5.41, 5.74) is 6.07. The van der Waals surface area contributed by atoms with Crippen molar-refractivity contribution in [2.45, 2.75) is 31.3 Å². The molecule has 2 aromatic heterocycles. The minimum absolute atomic E-state index is 0.00518. The number of amides is 2. The largest absolute Gasteiger partial charge is 0.380 e. The van der Waals surface area contributed by atoms with E-state index in [4.69, 9.17) is 5.73 Å². The number of benzene rings is 1. The van der Waals surface area contributed by atoms with Crippen molar-refractivity contribution in [2.24, 2.45) is 11.7 Å². The molecule has 5 rings (SSSR count). The van der Waals surface area contributed by atoms with Crippen LogP contribution < -0.4 is 21.7 Å². The van der Waals surface area contributed by atoms with Crippen LogP contribution in [-0.4, -0.2) is 27.8 Å². The van der Waals surface area contributed by atoms with Crippen molar-refractivity contribution in [3.05, 3.63) is 76.9 Å². The number of carbonyl (C=O) groups is 2. The lowest BCUT2D eigenvalue weighted by Gasteiger charge is -2.22. The van der Waals surface area contributed by atoms with Gasteiger partial charge in [0.25, 0.3) is 5.91 Å². The predicted octanol–water partition coefficient (Wildman–Crippen LogP) is 3.34. The molecular formula is C24H21F3N6O2. The average Bonchev–Trinajstić information content (AvgIpc) is 3.42. The first-order valence-corrected chi connectivity index (χ1v) is 11.0. The lowest BCUT2D eigenvalue weighted by Crippen LogP contribution is -2.35. The number of hydrogen-bond acceptors (Lipinski definition) is 6. The molecule has 35 heavy (non-hydrogen) atoms. The molecule has 5 N–H and O–H groups in total. The second kappa shape index (κ2) is 8.90. The molecule has 180 valence electrons. The van der Waals surface area contributed by atoms with Gasteiger partial charge < -0.3 is 21.7 Å². The Morgan fingerprint density at radius 1 is 1.06 bits per heavy atom. The third-order valence-electron chi connectivity index (χ3n) is 6.50. The topological polar surface area (TPSA) is 122 Å². The van der Waals surface area contributed by atoms with Gasteiger partial charge in [-0.1, -0.05) is 6.07 Å². The summed E-state index contributed by atoms with van der Waals surface area (Å²) in [6, 6.07) is 6.80. The molecule has 2 aliphatic rings. The highest BCUT2D eigenvalue weighted by molar-refractivity contribution is 5.98. The maximum absolute atomic E-state index is 14.0. The molecule has 2 bridgehead atoms. The molecule has 0 radical (unpaired) electrons. The van der Waals surface area contributed by atoms with E-state index < -0.39 is 35.5 Å². The van der Waals surface area contributed by atoms with Crippen LogP contribution in [0.3, 0.4) is 0 Å². The summed E-state index contributed by atoms with van der Waals surface area (Å²) in [5.74, 6) is -3.03. The fraction of sp³-hybridized carbons (Fsp3) is 0.250. The van der Waals surface area contributed by atoms with E-state index in [0.29, 0.717) is 17.7 Å². The number of fused-ring (bicyclic) bond motifs is 2. The number of nitrogens with one attached hydrogen (secondary N) is 3. The van der Waals surface area contributed by atoms with Crippen LogP contribution in [-0.2, 0) is 11.3 Å². The third-order valence-corrected chi connectivity index (χ3v) is 6.50. The SMILES string of the molecule is NC(=O)c1cnc(Nc2ccc(C3C[C@@H]4C[C@@H]3NC4=O)cn2)cc1NCc1c(F)ccc(F)c1F. The molecule has 1 aromatic carbocycles. The number of carbonyl (C=O) groups excluding carboxylic acids is 2. The standard InChI is InChI=1S/C24H21F3N6O2/c25-16-2-3-17(26)22(27)14(16)9-29-18-7-21(31-10-15(18)23(28)34)33-20-4-1-11(8-30-20)13-5-12-6-19(13)32-24(12)35/h1-4,7-8,10,12-13,19H,5-6,9H2,(H2,28,34)(H,32,35)(H2,29,30,31,33)/t12-,13?,19+/m1/s1. The zero-order chi connectivity index (χ0) is 24.7. The molecule has 1 aliphatic heterocycles. The summed E-state index contributed by atoms with van der Waals surface area (Å²) in [7, 11) is 0. The second-order valence-corrected chi connectivity index (χ2v) is 8.65. The minimum atomic E-state index is -1.31. The highest BCUT2D eigenvalue weighted by Gasteiger charge is 2.45. The summed E-state index contributed by atoms with van der Waals surface area (Å²) < 4.78 is 41.5. The Labute approximate surface area is 198 Å². The molecule has 8 nitrogen and oxygen atoms in total. The Hall–Kier alpha value is -4.15. The Morgan fingerprint density at radius 3 is 2.49 bits per heavy atom. The van der Waals surface area contributed by atoms with Gasteiger partial charge in [-0.15, -0.1) is 0 Å². The number of aromatic nitrogens is 2. The zero-order valence-corrected chi connectivity index (χ0v) is 18.3. The van der Waals surface area contributed by atoms with Crippen molar-refractivity contribution in [3.63, 3.8) is 0 Å². The van der Waals surface area contributed by atoms with Crippen LogP contribution >= 0.6 is 0 Å². The number of halogens is 3. The van der Waals surface area contributed by atoms with Crippen molar-refractivity contribution >= 4 is 29.1 Å². The van der Waals surface area contributed by atoms with Crippen molar-refractivity contribution < 1.29 is 22.8 Å². The molecule has 3 aromatic rings. The molecule has 3 atom stereocenters. The molecule has 2 amide bonds. The van der Waals surface area contributed by atoms with Crippen molar-refractivity contribution in [3.8, 4) is 0 Å². The maximum Gasteiger partial charge on any atom is 0.252 e. The van der Waals surface area contributed by atoms with Crippen LogP contribution in [0.5, 0.6) is 0 Å². The molecule has 3 heterocycles. The first-order valence-electron chi connectivity index (χ1n) is 11.0. The van der Waals surface area contributed by atoms with Gasteiger partial charge in [0.05, 0.1) is 11.3 Å². The molecule has 1 saturated carbocycles. The fourth-order valence-electron chi connectivity index (χ4n) is 4.69. The van der Waals surface area contributed by atoms with Crippen molar-refractivity contribution in [1.29, 1.82) is 0 Å². The van der Waals surface area contributed by atoms with Gasteiger partial charge in [0, 0.05) is 48.4 Å². The van der Waals surface area contributed by atoms with E-state index in [0.717, 1.165) is 24.5 Å². The first kappa shape index (κ1) is 22.6. The summed E-state index contributed by atoms with van der Waals surface area (Å²) in [5, 5.41) is 8.74. The average molecular weight is 482 g/mol. The normalized spacial score (nSPS) is 20.5. The number of nitrogens with two attached hydrogens (primary N) is 1. The van der Waals surface area contributed by atoms with E-state index in [1.165, 1.54) is 12.3 Å². The number of hydrogen-bond donors (Lipinski definition) is 4. The predicted molar refractivity (Wildman–Crippen MR) is 121 cm³/mol. The van der Waals surface area contributed by atoms with Crippen LogP contribution in [0.1, 0.15) is 40.2 Å². The lowest BCUT2D eigenvalue weighted by molar-refractivity contribution is -0.123. The van der Waals surface area contributed by atoms with Gasteiger partial charge in [0.15, 0.2) is 11.6 Å². The van der Waals surface area contributed by atoms with Crippen LogP contribution in [0.25, 0.3) is 0 Å². The highest BCUT2D eigenvalue weighted by Crippen LogP contribution is 2.42. The second-order valence-electron chi connectivity index (χ2n) is 8.65. The Kier molecular flexibility index (Phi) is 5.75. The van der Waals surface area contributed by atoms with Gasteiger partial charge in [-0.2, -0.15) is 0 Å². The van der Waals surface area contributed by atoms with Gasteiger partial charge >= 0.3 is 0 Å². The number of primary amides is 1. The van der Waals surface area contributed by atoms with Crippen LogP contribution in [0.2, 0.25) is 0 Å². The number of piperidine rings is 1. The quantitative estimate of drug-likeness (QED) is 0.383. The molecule has 1 aliphatic carbocycles. The van der Waals surface area contributed by atoms with Gasteiger partial charge in [-0.25, -0.2) is 23.1 Å². The number of anilines is 3. The number of pyridine rings is 2.